The molecule has 2 fully saturated rings. The van der Waals surface area contributed by atoms with E-state index < -0.39 is 0 Å². The first-order valence-electron chi connectivity index (χ1n) is 12.5. The van der Waals surface area contributed by atoms with Gasteiger partial charge in [-0.25, -0.2) is 9.98 Å². The van der Waals surface area contributed by atoms with E-state index in [1.54, 1.807) is 18.3 Å². The number of ketones is 1. The van der Waals surface area contributed by atoms with Crippen molar-refractivity contribution in [3.63, 3.8) is 0 Å². The number of carbonyl (C=O) groups excluding carboxylic acids is 1. The number of benzene rings is 2. The summed E-state index contributed by atoms with van der Waals surface area (Å²) in [7, 11) is 1.81. The number of aromatic hydroxyl groups is 1. The molecule has 1 saturated heterocycles. The van der Waals surface area contributed by atoms with Crippen LogP contribution in [0, 0.1) is 5.92 Å². The number of Topliss-reactive ketones (excluding diaryl/α,β-unsaturated/α-hetero) is 1. The Morgan fingerprint density at radius 1 is 1.13 bits per heavy atom. The predicted octanol–water partition coefficient (Wildman–Crippen LogP) is 6.00. The third kappa shape index (κ3) is 5.41. The van der Waals surface area contributed by atoms with Crippen LogP contribution in [0.2, 0.25) is 10.0 Å². The van der Waals surface area contributed by atoms with E-state index in [4.69, 9.17) is 33.9 Å². The Morgan fingerprint density at radius 3 is 2.45 bits per heavy atom. The van der Waals surface area contributed by atoms with Crippen molar-refractivity contribution in [1.82, 2.24) is 4.98 Å². The Hall–Kier alpha value is -3.39. The molecule has 2 heterocycles. The summed E-state index contributed by atoms with van der Waals surface area (Å²) in [5.41, 5.74) is 10.5. The van der Waals surface area contributed by atoms with E-state index in [-0.39, 0.29) is 33.5 Å². The number of hydrogen-bond donors (Lipinski definition) is 3. The van der Waals surface area contributed by atoms with E-state index in [2.05, 4.69) is 21.8 Å². The summed E-state index contributed by atoms with van der Waals surface area (Å²) in [5.74, 6) is 0.679. The van der Waals surface area contributed by atoms with Crippen LogP contribution in [0.4, 0.5) is 17.2 Å². The average Bonchev–Trinajstić information content (AvgIpc) is 3.69. The van der Waals surface area contributed by atoms with E-state index in [1.165, 1.54) is 0 Å². The molecular formula is C29H29Cl2N5O2. The second kappa shape index (κ2) is 10.8. The number of allylic oxidation sites excluding steroid dienone is 1. The lowest BCUT2D eigenvalue weighted by Gasteiger charge is -2.17. The summed E-state index contributed by atoms with van der Waals surface area (Å²) in [6, 6.07) is 13.0. The number of halogens is 2. The fourth-order valence-electron chi connectivity index (χ4n) is 4.62. The molecular weight excluding hydrogens is 521 g/mol. The number of nitrogens with one attached hydrogen (secondary N) is 1. The Kier molecular flexibility index (Phi) is 7.43. The molecule has 3 aromatic rings. The maximum absolute atomic E-state index is 13.2. The SMILES string of the molecule is C=C(C(=O)C1CC1)C(=Nc1ccc(N2CCC(N)C2)nc1)c1cc(-c2cc(Cl)c(O)c(Cl)c2)ccc1NC. The van der Waals surface area contributed by atoms with Gasteiger partial charge in [-0.1, -0.05) is 35.8 Å². The van der Waals surface area contributed by atoms with Crippen LogP contribution in [0.3, 0.4) is 0 Å². The maximum atomic E-state index is 13.2. The van der Waals surface area contributed by atoms with Crippen molar-refractivity contribution >= 4 is 51.9 Å². The standard InChI is InChI=1S/C29H29Cl2N5O2/c1-16(28(37)17-3-4-17)27(35-21-6-8-26(34-14-21)36-10-9-20(32)15-36)22-11-18(5-7-25(22)33-2)19-12-23(30)29(38)24(31)13-19/h5-8,11-14,17,20,33,38H,1,3-4,9-10,15,32H2,2H3. The van der Waals surface area contributed by atoms with E-state index in [0.717, 1.165) is 55.0 Å². The van der Waals surface area contributed by atoms with Crippen molar-refractivity contribution in [2.75, 3.05) is 30.4 Å². The van der Waals surface area contributed by atoms with Crippen LogP contribution in [0.1, 0.15) is 24.8 Å². The average molecular weight is 550 g/mol. The van der Waals surface area contributed by atoms with E-state index in [1.807, 2.05) is 37.4 Å². The molecule has 7 nitrogen and oxygen atoms in total. The smallest absolute Gasteiger partial charge is 0.167 e. The van der Waals surface area contributed by atoms with Gasteiger partial charge in [0.25, 0.3) is 0 Å². The summed E-state index contributed by atoms with van der Waals surface area (Å²) in [4.78, 5) is 24.8. The quantitative estimate of drug-likeness (QED) is 0.235. The third-order valence-corrected chi connectivity index (χ3v) is 7.52. The van der Waals surface area contributed by atoms with Crippen molar-refractivity contribution < 1.29 is 9.90 Å². The monoisotopic (exact) mass is 549 g/mol. The number of nitrogens with zero attached hydrogens (tertiary/aromatic N) is 3. The fourth-order valence-corrected chi connectivity index (χ4v) is 5.11. The van der Waals surface area contributed by atoms with Gasteiger partial charge in [-0.15, -0.1) is 0 Å². The molecule has 1 aliphatic carbocycles. The van der Waals surface area contributed by atoms with Crippen LogP contribution in [0.25, 0.3) is 11.1 Å². The minimum absolute atomic E-state index is 0.00237. The lowest BCUT2D eigenvalue weighted by molar-refractivity contribution is -0.116. The normalized spacial score (nSPS) is 17.5. The Bertz CT molecular complexity index is 1410. The zero-order valence-corrected chi connectivity index (χ0v) is 22.6. The van der Waals surface area contributed by atoms with Crippen LogP contribution in [0.5, 0.6) is 5.75 Å². The number of phenolic OH excluding ortho intramolecular Hbond substituents is 1. The van der Waals surface area contributed by atoms with Crippen molar-refractivity contribution in [2.45, 2.75) is 25.3 Å². The lowest BCUT2D eigenvalue weighted by Crippen LogP contribution is -2.26. The molecule has 5 rings (SSSR count). The van der Waals surface area contributed by atoms with Crippen molar-refractivity contribution in [3.8, 4) is 16.9 Å². The van der Waals surface area contributed by atoms with Crippen molar-refractivity contribution in [3.05, 3.63) is 76.4 Å². The van der Waals surface area contributed by atoms with Gasteiger partial charge >= 0.3 is 0 Å². The van der Waals surface area contributed by atoms with Crippen LogP contribution < -0.4 is 16.0 Å². The zero-order valence-electron chi connectivity index (χ0n) is 21.0. The number of rotatable bonds is 8. The first-order valence-corrected chi connectivity index (χ1v) is 13.3. The van der Waals surface area contributed by atoms with Crippen molar-refractivity contribution in [1.29, 1.82) is 0 Å². The highest BCUT2D eigenvalue weighted by Gasteiger charge is 2.33. The maximum Gasteiger partial charge on any atom is 0.167 e. The number of aromatic nitrogens is 1. The molecule has 2 aromatic carbocycles. The van der Waals surface area contributed by atoms with Crippen LogP contribution in [0.15, 0.2) is 65.8 Å². The topological polar surface area (TPSA) is 104 Å². The molecule has 0 radical (unpaired) electrons. The molecule has 1 aromatic heterocycles. The van der Waals surface area contributed by atoms with Crippen LogP contribution in [-0.4, -0.2) is 47.8 Å². The number of phenols is 1. The van der Waals surface area contributed by atoms with Gasteiger partial charge in [0.15, 0.2) is 11.5 Å². The van der Waals surface area contributed by atoms with Gasteiger partial charge < -0.3 is 21.1 Å². The van der Waals surface area contributed by atoms with Crippen molar-refractivity contribution in [2.24, 2.45) is 16.6 Å². The molecule has 2 aliphatic rings. The Balaban J connectivity index is 1.58. The van der Waals surface area contributed by atoms with Crippen LogP contribution >= 0.6 is 23.2 Å². The Labute approximate surface area is 232 Å². The molecule has 9 heteroatoms. The van der Waals surface area contributed by atoms with Gasteiger partial charge in [0.2, 0.25) is 0 Å². The van der Waals surface area contributed by atoms with E-state index in [9.17, 15) is 9.90 Å². The second-order valence-electron chi connectivity index (χ2n) is 9.75. The number of carbonyl (C=O) groups is 1. The van der Waals surface area contributed by atoms with E-state index in [0.29, 0.717) is 22.5 Å². The number of aliphatic imine (C=N–C) groups is 1. The summed E-state index contributed by atoms with van der Waals surface area (Å²) in [6.45, 7) is 5.82. The highest BCUT2D eigenvalue weighted by atomic mass is 35.5. The number of anilines is 2. The molecule has 196 valence electrons. The fraction of sp³-hybridized carbons (Fsp3) is 0.276. The van der Waals surface area contributed by atoms with Gasteiger partial charge in [-0.2, -0.15) is 0 Å². The third-order valence-electron chi connectivity index (χ3n) is 6.95. The number of hydrogen-bond acceptors (Lipinski definition) is 7. The second-order valence-corrected chi connectivity index (χ2v) is 10.6. The summed E-state index contributed by atoms with van der Waals surface area (Å²) in [5, 5.41) is 13.5. The molecule has 1 unspecified atom stereocenters. The minimum atomic E-state index is -0.165. The first-order chi connectivity index (χ1) is 18.2. The van der Waals surface area contributed by atoms with Gasteiger partial charge in [0, 0.05) is 48.9 Å². The summed E-state index contributed by atoms with van der Waals surface area (Å²) >= 11 is 12.4. The number of nitrogens with two attached hydrogens (primary N) is 1. The molecule has 0 spiro atoms. The zero-order chi connectivity index (χ0) is 27.0. The molecule has 1 atom stereocenters. The predicted molar refractivity (Wildman–Crippen MR) is 155 cm³/mol. The van der Waals surface area contributed by atoms with Gasteiger partial charge in [-0.05, 0) is 66.8 Å². The molecule has 0 amide bonds. The number of pyridine rings is 1. The molecule has 4 N–H and O–H groups in total. The minimum Gasteiger partial charge on any atom is -0.505 e. The van der Waals surface area contributed by atoms with Gasteiger partial charge in [-0.3, -0.25) is 4.79 Å². The molecule has 38 heavy (non-hydrogen) atoms. The summed E-state index contributed by atoms with van der Waals surface area (Å²) < 4.78 is 0. The highest BCUT2D eigenvalue weighted by molar-refractivity contribution is 6.37. The molecule has 0 bridgehead atoms. The van der Waals surface area contributed by atoms with Gasteiger partial charge in [0.1, 0.15) is 5.82 Å². The Morgan fingerprint density at radius 2 is 1.87 bits per heavy atom. The highest BCUT2D eigenvalue weighted by Crippen LogP contribution is 2.38. The lowest BCUT2D eigenvalue weighted by atomic mass is 9.93. The van der Waals surface area contributed by atoms with Crippen LogP contribution in [-0.2, 0) is 4.79 Å². The molecule has 1 saturated carbocycles. The van der Waals surface area contributed by atoms with Gasteiger partial charge in [0.05, 0.1) is 27.6 Å². The van der Waals surface area contributed by atoms with E-state index >= 15 is 0 Å². The first kappa shape index (κ1) is 26.2. The molecule has 1 aliphatic heterocycles. The summed E-state index contributed by atoms with van der Waals surface area (Å²) in [6.07, 6.45) is 4.37. The largest absolute Gasteiger partial charge is 0.505 e.